The van der Waals surface area contributed by atoms with E-state index in [4.69, 9.17) is 9.40 Å². The van der Waals surface area contributed by atoms with Gasteiger partial charge in [0, 0.05) is 31.9 Å². The van der Waals surface area contributed by atoms with Crippen LogP contribution < -0.4 is 11.1 Å². The quantitative estimate of drug-likeness (QED) is 0.530. The minimum atomic E-state index is -1.93. The van der Waals surface area contributed by atoms with Gasteiger partial charge in [0.25, 0.3) is 5.56 Å². The van der Waals surface area contributed by atoms with E-state index in [1.807, 2.05) is 6.20 Å². The van der Waals surface area contributed by atoms with Crippen molar-refractivity contribution in [3.8, 4) is 11.4 Å². The molecule has 0 atom stereocenters. The molecule has 4 rings (SSSR count). The van der Waals surface area contributed by atoms with Crippen LogP contribution in [-0.4, -0.2) is 44.4 Å². The molecule has 0 saturated carbocycles. The molecule has 0 aliphatic carbocycles. The van der Waals surface area contributed by atoms with Crippen LogP contribution in [0.1, 0.15) is 58.6 Å². The Balaban J connectivity index is 1.54. The number of hydrogen-bond acceptors (Lipinski definition) is 7. The van der Waals surface area contributed by atoms with Crippen molar-refractivity contribution in [1.82, 2.24) is 29.8 Å². The fourth-order valence-corrected chi connectivity index (χ4v) is 11.8. The zero-order valence-electron chi connectivity index (χ0n) is 20.4. The first-order valence-electron chi connectivity index (χ1n) is 11.8. The van der Waals surface area contributed by atoms with E-state index in [1.54, 1.807) is 12.4 Å². The molecule has 9 heteroatoms. The van der Waals surface area contributed by atoms with Crippen molar-refractivity contribution in [1.29, 1.82) is 0 Å². The van der Waals surface area contributed by atoms with E-state index in [1.165, 1.54) is 6.33 Å². The van der Waals surface area contributed by atoms with Gasteiger partial charge in [-0.25, -0.2) is 19.9 Å². The lowest BCUT2D eigenvalue weighted by atomic mass is 10.1. The van der Waals surface area contributed by atoms with E-state index >= 15 is 0 Å². The van der Waals surface area contributed by atoms with Gasteiger partial charge in [0.05, 0.1) is 29.6 Å². The summed E-state index contributed by atoms with van der Waals surface area (Å²) in [6.45, 7) is 15.9. The van der Waals surface area contributed by atoms with Gasteiger partial charge in [-0.05, 0) is 16.6 Å². The summed E-state index contributed by atoms with van der Waals surface area (Å²) < 4.78 is 6.42. The molecular weight excluding hydrogens is 432 g/mol. The van der Waals surface area contributed by atoms with E-state index in [9.17, 15) is 4.79 Å². The Morgan fingerprint density at radius 2 is 1.73 bits per heavy atom. The molecule has 0 unspecified atom stereocenters. The van der Waals surface area contributed by atoms with Crippen molar-refractivity contribution in [3.05, 3.63) is 52.3 Å². The topological polar surface area (TPSA) is 101 Å². The molecule has 4 heterocycles. The number of rotatable bonds is 7. The second-order valence-electron chi connectivity index (χ2n) is 9.96. The molecule has 3 aromatic rings. The minimum Gasteiger partial charge on any atom is -0.449 e. The summed E-state index contributed by atoms with van der Waals surface area (Å²) in [4.78, 5) is 35.5. The minimum absolute atomic E-state index is 0.104. The van der Waals surface area contributed by atoms with Crippen molar-refractivity contribution < 1.29 is 4.42 Å². The lowest BCUT2D eigenvalue weighted by Gasteiger charge is -2.39. The molecule has 0 aromatic carbocycles. The summed E-state index contributed by atoms with van der Waals surface area (Å²) in [6, 6.07) is 0. The number of H-pyrrole nitrogens is 1. The predicted molar refractivity (Wildman–Crippen MR) is 131 cm³/mol. The van der Waals surface area contributed by atoms with E-state index in [0.717, 1.165) is 29.1 Å². The Kier molecular flexibility index (Phi) is 6.63. The lowest BCUT2D eigenvalue weighted by molar-refractivity contribution is 0.224. The van der Waals surface area contributed by atoms with E-state index < -0.39 is 8.07 Å². The summed E-state index contributed by atoms with van der Waals surface area (Å²) in [5, 5.41) is 0. The Morgan fingerprint density at radius 1 is 1.06 bits per heavy atom. The first-order valence-corrected chi connectivity index (χ1v) is 14.0. The maximum absolute atomic E-state index is 12.8. The monoisotopic (exact) mass is 466 g/mol. The molecule has 1 aliphatic heterocycles. The number of nitrogens with zero attached hydrogens (tertiary/aromatic N) is 5. The molecule has 0 saturated heterocycles. The SMILES string of the molecule is CC(C)[Si](c1ncc(CN2CCc3nc(-c4cncnc4)[nH]c(=O)c3C2)o1)(C(C)C)C(C)C. The van der Waals surface area contributed by atoms with Crippen LogP contribution in [0.2, 0.25) is 16.6 Å². The Bertz CT molecular complexity index is 1130. The van der Waals surface area contributed by atoms with Crippen molar-refractivity contribution in [2.75, 3.05) is 6.54 Å². The smallest absolute Gasteiger partial charge is 0.255 e. The van der Waals surface area contributed by atoms with E-state index in [-0.39, 0.29) is 5.56 Å². The summed E-state index contributed by atoms with van der Waals surface area (Å²) >= 11 is 0. The maximum Gasteiger partial charge on any atom is 0.255 e. The van der Waals surface area contributed by atoms with E-state index in [2.05, 4.69) is 66.4 Å². The first kappa shape index (κ1) is 23.5. The average molecular weight is 467 g/mol. The number of fused-ring (bicyclic) bond motifs is 1. The van der Waals surface area contributed by atoms with Crippen LogP contribution in [0.4, 0.5) is 0 Å². The molecule has 0 fully saturated rings. The second kappa shape index (κ2) is 9.30. The normalized spacial score (nSPS) is 14.9. The van der Waals surface area contributed by atoms with Gasteiger partial charge in [0.1, 0.15) is 17.9 Å². The highest BCUT2D eigenvalue weighted by Crippen LogP contribution is 2.40. The standard InChI is InChI=1S/C24H34N6O2Si/c1-15(2)33(16(3)4,17(5)6)24-27-11-19(32-24)12-30-8-7-21-20(13-30)23(31)29-22(28-21)18-9-25-14-26-10-18/h9-11,14-17H,7-8,12-13H2,1-6H3,(H,28,29,31). The van der Waals surface area contributed by atoms with Crippen LogP contribution in [0.15, 0.2) is 34.1 Å². The fraction of sp³-hybridized carbons (Fsp3) is 0.542. The van der Waals surface area contributed by atoms with Gasteiger partial charge in [0.2, 0.25) is 0 Å². The van der Waals surface area contributed by atoms with Crippen LogP contribution in [0, 0.1) is 0 Å². The molecule has 1 aliphatic rings. The molecule has 176 valence electrons. The first-order chi connectivity index (χ1) is 15.7. The molecule has 0 amide bonds. The van der Waals surface area contributed by atoms with Gasteiger partial charge in [-0.15, -0.1) is 0 Å². The third-order valence-electron chi connectivity index (χ3n) is 7.15. The Labute approximate surface area is 195 Å². The highest BCUT2D eigenvalue weighted by Gasteiger charge is 2.49. The van der Waals surface area contributed by atoms with Crippen molar-refractivity contribution in [2.24, 2.45) is 0 Å². The van der Waals surface area contributed by atoms with Gasteiger partial charge >= 0.3 is 0 Å². The van der Waals surface area contributed by atoms with Crippen LogP contribution in [0.3, 0.4) is 0 Å². The summed E-state index contributed by atoms with van der Waals surface area (Å²) in [5.41, 5.74) is 4.76. The number of aromatic nitrogens is 5. The molecule has 8 nitrogen and oxygen atoms in total. The predicted octanol–water partition coefficient (Wildman–Crippen LogP) is 3.66. The Morgan fingerprint density at radius 3 is 2.36 bits per heavy atom. The summed E-state index contributed by atoms with van der Waals surface area (Å²) in [7, 11) is -1.93. The van der Waals surface area contributed by atoms with Crippen LogP contribution in [0.25, 0.3) is 11.4 Å². The third kappa shape index (κ3) is 4.31. The zero-order chi connectivity index (χ0) is 23.8. The van der Waals surface area contributed by atoms with Crippen LogP contribution >= 0.6 is 0 Å². The molecule has 1 N–H and O–H groups in total. The van der Waals surface area contributed by atoms with Gasteiger partial charge in [-0.2, -0.15) is 0 Å². The second-order valence-corrected chi connectivity index (χ2v) is 15.7. The highest BCUT2D eigenvalue weighted by atomic mass is 28.3. The summed E-state index contributed by atoms with van der Waals surface area (Å²) in [5.74, 6) is 1.39. The average Bonchev–Trinajstić information content (AvgIpc) is 3.22. The lowest BCUT2D eigenvalue weighted by Crippen LogP contribution is -2.56. The molecule has 0 radical (unpaired) electrons. The Hall–Kier alpha value is -2.65. The van der Waals surface area contributed by atoms with Crippen molar-refractivity contribution in [3.63, 3.8) is 0 Å². The van der Waals surface area contributed by atoms with Gasteiger partial charge < -0.3 is 9.40 Å². The van der Waals surface area contributed by atoms with Gasteiger partial charge in [0.15, 0.2) is 13.6 Å². The molecule has 0 bridgehead atoms. The van der Waals surface area contributed by atoms with Crippen LogP contribution in [-0.2, 0) is 19.5 Å². The molecular formula is C24H34N6O2Si. The highest BCUT2D eigenvalue weighted by molar-refractivity contribution is 6.93. The number of hydrogen-bond donors (Lipinski definition) is 1. The van der Waals surface area contributed by atoms with Gasteiger partial charge in [-0.3, -0.25) is 9.69 Å². The molecule has 33 heavy (non-hydrogen) atoms. The molecule has 0 spiro atoms. The number of aromatic amines is 1. The van der Waals surface area contributed by atoms with E-state index in [0.29, 0.717) is 47.5 Å². The van der Waals surface area contributed by atoms with Crippen molar-refractivity contribution >= 4 is 13.6 Å². The van der Waals surface area contributed by atoms with Gasteiger partial charge in [-0.1, -0.05) is 41.5 Å². The zero-order valence-corrected chi connectivity index (χ0v) is 21.4. The molecule has 3 aromatic heterocycles. The number of nitrogens with one attached hydrogen (secondary N) is 1. The van der Waals surface area contributed by atoms with Crippen molar-refractivity contribution in [2.45, 2.75) is 77.7 Å². The fourth-order valence-electron chi connectivity index (χ4n) is 5.72. The maximum atomic E-state index is 12.8. The largest absolute Gasteiger partial charge is 0.449 e. The summed E-state index contributed by atoms with van der Waals surface area (Å²) in [6.07, 6.45) is 7.37. The third-order valence-corrected chi connectivity index (χ3v) is 13.9. The van der Waals surface area contributed by atoms with Crippen LogP contribution in [0.5, 0.6) is 0 Å². The number of oxazole rings is 1.